The zero-order valence-corrected chi connectivity index (χ0v) is 46.6. The molecule has 0 heterocycles. The van der Waals surface area contributed by atoms with Crippen molar-refractivity contribution < 1.29 is 32.9 Å². The standard InChI is InChI=1S/C60H111N2O6P/c1-6-8-10-12-14-16-18-20-22-24-26-27-28-29-30-31-32-33-34-35-36-38-40-42-44-46-48-50-52-54-60(64)61-58(57-68-69(65,66)67-56-55-62(3,4)5)59(63)53-51-49-47-45-43-41-39-37-25-23-21-19-17-15-13-11-9-7-2/h18,20,24-26,28-29,37,43,45,51,53,58-59,63H,6-17,19,21-23,27,30-36,38-42,44,46-50,52,54-57H2,1-5H3,(H-,61,64,65,66)/b20-18-,26-24-,29-28-,37-25+,45-43+,53-51+. The minimum absolute atomic E-state index is 0.0112. The van der Waals surface area contributed by atoms with Crippen LogP contribution in [0.1, 0.15) is 251 Å². The molecule has 0 rings (SSSR count). The summed E-state index contributed by atoms with van der Waals surface area (Å²) in [5.41, 5.74) is 0. The van der Waals surface area contributed by atoms with Crippen LogP contribution in [0, 0.1) is 0 Å². The molecule has 402 valence electrons. The Bertz CT molecular complexity index is 1350. The topological polar surface area (TPSA) is 108 Å². The van der Waals surface area contributed by atoms with Crippen molar-refractivity contribution in [2.45, 2.75) is 264 Å². The zero-order valence-electron chi connectivity index (χ0n) is 45.8. The highest BCUT2D eigenvalue weighted by Gasteiger charge is 2.23. The van der Waals surface area contributed by atoms with Gasteiger partial charge in [-0.05, 0) is 83.5 Å². The number of amides is 1. The van der Waals surface area contributed by atoms with E-state index >= 15 is 0 Å². The van der Waals surface area contributed by atoms with Crippen molar-refractivity contribution in [2.24, 2.45) is 0 Å². The van der Waals surface area contributed by atoms with Gasteiger partial charge in [0.25, 0.3) is 7.82 Å². The molecule has 0 aliphatic carbocycles. The molecule has 9 heteroatoms. The average Bonchev–Trinajstić information content (AvgIpc) is 3.31. The van der Waals surface area contributed by atoms with Crippen LogP contribution in [0.5, 0.6) is 0 Å². The molecule has 0 bridgehead atoms. The lowest BCUT2D eigenvalue weighted by Gasteiger charge is -2.29. The summed E-state index contributed by atoms with van der Waals surface area (Å²) in [6, 6.07) is -0.913. The van der Waals surface area contributed by atoms with Gasteiger partial charge in [-0.15, -0.1) is 0 Å². The Hall–Kier alpha value is -2.06. The molecular weight excluding hydrogens is 876 g/mol. The number of aliphatic hydroxyl groups is 1. The van der Waals surface area contributed by atoms with Crippen molar-refractivity contribution in [2.75, 3.05) is 40.9 Å². The van der Waals surface area contributed by atoms with Gasteiger partial charge in [-0.2, -0.15) is 0 Å². The molecule has 0 aliphatic heterocycles. The molecule has 0 spiro atoms. The molecule has 3 unspecified atom stereocenters. The van der Waals surface area contributed by atoms with Gasteiger partial charge in [0.2, 0.25) is 5.91 Å². The second-order valence-corrected chi connectivity index (χ2v) is 22.0. The molecular formula is C60H111N2O6P. The Labute approximate surface area is 427 Å². The predicted molar refractivity (Wildman–Crippen MR) is 297 cm³/mol. The number of phosphoric acid groups is 1. The normalized spacial score (nSPS) is 14.5. The van der Waals surface area contributed by atoms with E-state index in [1.165, 1.54) is 173 Å². The number of likely N-dealkylation sites (N-methyl/N-ethyl adjacent to an activating group) is 1. The Balaban J connectivity index is 4.22. The number of hydrogen-bond donors (Lipinski definition) is 2. The van der Waals surface area contributed by atoms with Crippen LogP contribution in [0.25, 0.3) is 0 Å². The van der Waals surface area contributed by atoms with Gasteiger partial charge in [0.15, 0.2) is 0 Å². The van der Waals surface area contributed by atoms with Crippen LogP contribution in [0.15, 0.2) is 72.9 Å². The highest BCUT2D eigenvalue weighted by Crippen LogP contribution is 2.38. The second-order valence-electron chi connectivity index (χ2n) is 20.6. The van der Waals surface area contributed by atoms with E-state index in [9.17, 15) is 19.4 Å². The first kappa shape index (κ1) is 66.9. The second kappa shape index (κ2) is 50.9. The van der Waals surface area contributed by atoms with Gasteiger partial charge in [-0.3, -0.25) is 9.36 Å². The smallest absolute Gasteiger partial charge is 0.268 e. The van der Waals surface area contributed by atoms with E-state index in [4.69, 9.17) is 9.05 Å². The minimum atomic E-state index is -4.61. The lowest BCUT2D eigenvalue weighted by molar-refractivity contribution is -0.870. The zero-order chi connectivity index (χ0) is 50.6. The van der Waals surface area contributed by atoms with Crippen LogP contribution in [0.3, 0.4) is 0 Å². The van der Waals surface area contributed by atoms with E-state index in [2.05, 4.69) is 79.9 Å². The maximum absolute atomic E-state index is 13.0. The molecule has 0 saturated heterocycles. The molecule has 69 heavy (non-hydrogen) atoms. The number of hydrogen-bond acceptors (Lipinski definition) is 6. The summed E-state index contributed by atoms with van der Waals surface area (Å²) in [5, 5.41) is 13.8. The predicted octanol–water partition coefficient (Wildman–Crippen LogP) is 16.9. The maximum Gasteiger partial charge on any atom is 0.268 e. The van der Waals surface area contributed by atoms with Crippen molar-refractivity contribution >= 4 is 13.7 Å². The molecule has 0 radical (unpaired) electrons. The summed E-state index contributed by atoms with van der Waals surface area (Å²) in [6.07, 6.45) is 69.8. The number of phosphoric ester groups is 1. The van der Waals surface area contributed by atoms with Gasteiger partial charge in [0, 0.05) is 6.42 Å². The van der Waals surface area contributed by atoms with E-state index in [1.54, 1.807) is 6.08 Å². The van der Waals surface area contributed by atoms with Crippen molar-refractivity contribution in [1.29, 1.82) is 0 Å². The number of carbonyl (C=O) groups is 1. The van der Waals surface area contributed by atoms with Crippen LogP contribution < -0.4 is 10.2 Å². The summed E-state index contributed by atoms with van der Waals surface area (Å²) in [6.45, 7) is 4.61. The molecule has 3 atom stereocenters. The fourth-order valence-electron chi connectivity index (χ4n) is 8.07. The first-order valence-electron chi connectivity index (χ1n) is 28.8. The molecule has 2 N–H and O–H groups in total. The van der Waals surface area contributed by atoms with E-state index in [-0.39, 0.29) is 12.5 Å². The Morgan fingerprint density at radius 1 is 0.507 bits per heavy atom. The van der Waals surface area contributed by atoms with Crippen LogP contribution >= 0.6 is 7.82 Å². The van der Waals surface area contributed by atoms with Gasteiger partial charge in [-0.1, -0.05) is 234 Å². The third kappa shape index (κ3) is 53.6. The molecule has 0 aromatic carbocycles. The van der Waals surface area contributed by atoms with Crippen LogP contribution in [-0.4, -0.2) is 68.5 Å². The maximum atomic E-state index is 13.0. The number of aliphatic hydroxyl groups excluding tert-OH is 1. The fourth-order valence-corrected chi connectivity index (χ4v) is 8.80. The molecule has 0 aromatic rings. The third-order valence-corrected chi connectivity index (χ3v) is 13.6. The van der Waals surface area contributed by atoms with Gasteiger partial charge in [0.05, 0.1) is 39.9 Å². The van der Waals surface area contributed by atoms with Crippen LogP contribution in [-0.2, 0) is 18.4 Å². The van der Waals surface area contributed by atoms with E-state index in [0.29, 0.717) is 17.4 Å². The Kier molecular flexibility index (Phi) is 49.3. The lowest BCUT2D eigenvalue weighted by atomic mass is 10.0. The molecule has 0 aliphatic rings. The number of allylic oxidation sites excluding steroid dienone is 11. The first-order chi connectivity index (χ1) is 33.5. The molecule has 1 amide bonds. The van der Waals surface area contributed by atoms with Crippen molar-refractivity contribution in [3.63, 3.8) is 0 Å². The summed E-state index contributed by atoms with van der Waals surface area (Å²) in [4.78, 5) is 25.5. The monoisotopic (exact) mass is 987 g/mol. The van der Waals surface area contributed by atoms with E-state index < -0.39 is 26.6 Å². The van der Waals surface area contributed by atoms with E-state index in [0.717, 1.165) is 57.8 Å². The first-order valence-corrected chi connectivity index (χ1v) is 30.3. The molecule has 0 aromatic heterocycles. The van der Waals surface area contributed by atoms with E-state index in [1.807, 2.05) is 27.2 Å². The number of quaternary nitrogens is 1. The summed E-state index contributed by atoms with van der Waals surface area (Å²) >= 11 is 0. The van der Waals surface area contributed by atoms with Gasteiger partial charge < -0.3 is 28.8 Å². The summed E-state index contributed by atoms with van der Waals surface area (Å²) in [7, 11) is 1.23. The fraction of sp³-hybridized carbons (Fsp3) is 0.783. The molecule has 0 saturated carbocycles. The van der Waals surface area contributed by atoms with Crippen LogP contribution in [0.4, 0.5) is 0 Å². The van der Waals surface area contributed by atoms with Crippen LogP contribution in [0.2, 0.25) is 0 Å². The summed E-state index contributed by atoms with van der Waals surface area (Å²) in [5.74, 6) is -0.213. The minimum Gasteiger partial charge on any atom is -0.756 e. The SMILES string of the molecule is CCCCCCC/C=C\C/C=C\C/C=C\CCCCCCCCCCCCCCCCC(=O)NC(COP(=O)([O-])OCC[N+](C)(C)C)C(O)/C=C/CC/C=C/CC/C=C/CCCCCCCCCC. The summed E-state index contributed by atoms with van der Waals surface area (Å²) < 4.78 is 23.3. The van der Waals surface area contributed by atoms with Crippen molar-refractivity contribution in [3.05, 3.63) is 72.9 Å². The average molecular weight is 988 g/mol. The van der Waals surface area contributed by atoms with Gasteiger partial charge in [-0.25, -0.2) is 0 Å². The van der Waals surface area contributed by atoms with Crippen molar-refractivity contribution in [1.82, 2.24) is 5.32 Å². The third-order valence-electron chi connectivity index (χ3n) is 12.6. The largest absolute Gasteiger partial charge is 0.756 e. The number of carbonyl (C=O) groups excluding carboxylic acids is 1. The number of nitrogens with one attached hydrogen (secondary N) is 1. The van der Waals surface area contributed by atoms with Gasteiger partial charge >= 0.3 is 0 Å². The Morgan fingerprint density at radius 2 is 0.855 bits per heavy atom. The van der Waals surface area contributed by atoms with Crippen molar-refractivity contribution in [3.8, 4) is 0 Å². The highest BCUT2D eigenvalue weighted by atomic mass is 31.2. The quantitative estimate of drug-likeness (QED) is 0.0272. The molecule has 0 fully saturated rings. The van der Waals surface area contributed by atoms with Gasteiger partial charge in [0.1, 0.15) is 13.2 Å². The molecule has 8 nitrogen and oxygen atoms in total. The highest BCUT2D eigenvalue weighted by molar-refractivity contribution is 7.45. The Morgan fingerprint density at radius 3 is 1.28 bits per heavy atom. The lowest BCUT2D eigenvalue weighted by Crippen LogP contribution is -2.45. The number of nitrogens with zero attached hydrogens (tertiary/aromatic N) is 1. The number of rotatable bonds is 52. The number of unbranched alkanes of at least 4 members (excludes halogenated alkanes) is 29.